The number of halogens is 2. The third-order valence-corrected chi connectivity index (χ3v) is 5.43. The minimum absolute atomic E-state index is 0.0105. The van der Waals surface area contributed by atoms with Crippen LogP contribution in [0.15, 0.2) is 22.4 Å². The van der Waals surface area contributed by atoms with E-state index < -0.39 is 32.2 Å². The number of nitrogens with two attached hydrogens (primary N) is 1. The molecule has 21 heavy (non-hydrogen) atoms. The maximum Gasteiger partial charge on any atom is 0.246 e. The van der Waals surface area contributed by atoms with Crippen molar-refractivity contribution in [1.82, 2.24) is 9.29 Å². The van der Waals surface area contributed by atoms with Gasteiger partial charge in [0.05, 0.1) is 22.9 Å². The van der Waals surface area contributed by atoms with Gasteiger partial charge in [-0.05, 0) is 13.0 Å². The average molecular weight is 333 g/mol. The molecule has 1 aromatic heterocycles. The normalized spacial score (nSPS) is 12.0. The fraction of sp³-hybridized carbons (Fsp3) is 0.250. The number of aryl methyl sites for hydroxylation is 1. The Balaban J connectivity index is 2.35. The van der Waals surface area contributed by atoms with E-state index in [-0.39, 0.29) is 6.54 Å². The number of nitrogen functional groups attached to an aromatic ring is 1. The molecule has 114 valence electrons. The first-order chi connectivity index (χ1) is 9.71. The molecule has 1 heterocycles. The zero-order chi connectivity index (χ0) is 15.8. The van der Waals surface area contributed by atoms with Crippen LogP contribution in [-0.2, 0) is 16.6 Å². The molecule has 0 bridgehead atoms. The molecule has 0 spiro atoms. The van der Waals surface area contributed by atoms with E-state index in [2.05, 4.69) is 4.98 Å². The summed E-state index contributed by atoms with van der Waals surface area (Å²) < 4.78 is 52.4. The second-order valence-electron chi connectivity index (χ2n) is 4.42. The minimum Gasteiger partial charge on any atom is -0.396 e. The topological polar surface area (TPSA) is 76.3 Å². The van der Waals surface area contributed by atoms with Crippen LogP contribution in [-0.4, -0.2) is 24.8 Å². The van der Waals surface area contributed by atoms with Crippen LogP contribution < -0.4 is 5.73 Å². The van der Waals surface area contributed by atoms with Crippen molar-refractivity contribution in [2.24, 2.45) is 0 Å². The van der Waals surface area contributed by atoms with Crippen LogP contribution in [0.1, 0.15) is 10.7 Å². The van der Waals surface area contributed by atoms with E-state index in [0.29, 0.717) is 11.8 Å². The van der Waals surface area contributed by atoms with E-state index in [9.17, 15) is 17.2 Å². The van der Waals surface area contributed by atoms with Gasteiger partial charge in [0.1, 0.15) is 16.5 Å². The molecule has 0 aliphatic heterocycles. The molecular weight excluding hydrogens is 320 g/mol. The van der Waals surface area contributed by atoms with Gasteiger partial charge in [0.15, 0.2) is 0 Å². The smallest absolute Gasteiger partial charge is 0.246 e. The summed E-state index contributed by atoms with van der Waals surface area (Å²) in [5, 5.41) is 2.52. The van der Waals surface area contributed by atoms with Gasteiger partial charge >= 0.3 is 0 Å². The lowest BCUT2D eigenvalue weighted by molar-refractivity contribution is 0.455. The quantitative estimate of drug-likeness (QED) is 0.870. The molecule has 0 saturated carbocycles. The Labute approximate surface area is 125 Å². The van der Waals surface area contributed by atoms with Gasteiger partial charge in [-0.3, -0.25) is 0 Å². The third kappa shape index (κ3) is 3.20. The fourth-order valence-corrected chi connectivity index (χ4v) is 3.53. The summed E-state index contributed by atoms with van der Waals surface area (Å²) in [6.45, 7) is 1.78. The number of nitrogens with zero attached hydrogens (tertiary/aromatic N) is 2. The Morgan fingerprint density at radius 3 is 2.57 bits per heavy atom. The second kappa shape index (κ2) is 5.66. The summed E-state index contributed by atoms with van der Waals surface area (Å²) in [7, 11) is -2.83. The van der Waals surface area contributed by atoms with E-state index in [1.165, 1.54) is 18.4 Å². The average Bonchev–Trinajstić information content (AvgIpc) is 2.79. The Hall–Kier alpha value is -1.58. The maximum absolute atomic E-state index is 13.7. The number of aromatic nitrogens is 1. The van der Waals surface area contributed by atoms with Gasteiger partial charge in [0.25, 0.3) is 0 Å². The molecular formula is C12H13F2N3O2S2. The zero-order valence-electron chi connectivity index (χ0n) is 11.3. The van der Waals surface area contributed by atoms with Crippen LogP contribution in [0.3, 0.4) is 0 Å². The van der Waals surface area contributed by atoms with Crippen LogP contribution >= 0.6 is 11.3 Å². The lowest BCUT2D eigenvalue weighted by Gasteiger charge is -2.17. The van der Waals surface area contributed by atoms with Crippen molar-refractivity contribution in [3.8, 4) is 0 Å². The van der Waals surface area contributed by atoms with Gasteiger partial charge in [-0.2, -0.15) is 4.31 Å². The number of rotatable bonds is 4. The van der Waals surface area contributed by atoms with Crippen LogP contribution in [0.25, 0.3) is 0 Å². The molecule has 0 saturated heterocycles. The fourth-order valence-electron chi connectivity index (χ4n) is 1.70. The van der Waals surface area contributed by atoms with E-state index in [0.717, 1.165) is 15.4 Å². The van der Waals surface area contributed by atoms with Crippen LogP contribution in [0, 0.1) is 18.6 Å². The molecule has 0 atom stereocenters. The first-order valence-corrected chi connectivity index (χ1v) is 8.15. The number of sulfonamides is 1. The Morgan fingerprint density at radius 1 is 1.33 bits per heavy atom. The van der Waals surface area contributed by atoms with E-state index in [1.807, 2.05) is 0 Å². The van der Waals surface area contributed by atoms with Crippen molar-refractivity contribution in [3.05, 3.63) is 39.8 Å². The lowest BCUT2D eigenvalue weighted by Crippen LogP contribution is -2.27. The molecule has 2 rings (SSSR count). The lowest BCUT2D eigenvalue weighted by atomic mass is 10.3. The molecule has 2 aromatic rings. The highest BCUT2D eigenvalue weighted by molar-refractivity contribution is 7.89. The van der Waals surface area contributed by atoms with Crippen LogP contribution in [0.2, 0.25) is 0 Å². The number of thiazole rings is 1. The summed E-state index contributed by atoms with van der Waals surface area (Å²) in [4.78, 5) is 3.49. The molecule has 0 amide bonds. The third-order valence-electron chi connectivity index (χ3n) is 2.79. The molecule has 2 N–H and O–H groups in total. The number of hydrogen-bond donors (Lipinski definition) is 1. The molecule has 0 unspecified atom stereocenters. The zero-order valence-corrected chi connectivity index (χ0v) is 12.9. The van der Waals surface area contributed by atoms with Crippen molar-refractivity contribution in [2.75, 3.05) is 12.8 Å². The summed E-state index contributed by atoms with van der Waals surface area (Å²) in [6.07, 6.45) is 0. The molecule has 0 fully saturated rings. The predicted molar refractivity (Wildman–Crippen MR) is 76.3 cm³/mol. The van der Waals surface area contributed by atoms with Gasteiger partial charge in [-0.25, -0.2) is 22.2 Å². The van der Waals surface area contributed by atoms with Crippen molar-refractivity contribution in [3.63, 3.8) is 0 Å². The van der Waals surface area contributed by atoms with Crippen molar-refractivity contribution < 1.29 is 17.2 Å². The molecule has 5 nitrogen and oxygen atoms in total. The highest BCUT2D eigenvalue weighted by Crippen LogP contribution is 2.24. The first kappa shape index (κ1) is 15.8. The molecule has 0 aliphatic carbocycles. The predicted octanol–water partition coefficient (Wildman–Crippen LogP) is 2.13. The van der Waals surface area contributed by atoms with E-state index in [4.69, 9.17) is 5.73 Å². The second-order valence-corrected chi connectivity index (χ2v) is 7.50. The Kier molecular flexibility index (Phi) is 4.26. The van der Waals surface area contributed by atoms with Crippen molar-refractivity contribution in [1.29, 1.82) is 0 Å². The van der Waals surface area contributed by atoms with Crippen LogP contribution in [0.4, 0.5) is 14.5 Å². The minimum atomic E-state index is -4.12. The summed E-state index contributed by atoms with van der Waals surface area (Å²) in [6, 6.07) is 1.24. The van der Waals surface area contributed by atoms with Gasteiger partial charge in [-0.1, -0.05) is 0 Å². The SMILES string of the molecule is Cc1nc(CN(C)S(=O)(=O)c2cc(N)c(F)cc2F)cs1. The maximum atomic E-state index is 13.7. The highest BCUT2D eigenvalue weighted by Gasteiger charge is 2.26. The van der Waals surface area contributed by atoms with Gasteiger partial charge in [0.2, 0.25) is 10.0 Å². The van der Waals surface area contributed by atoms with Crippen molar-refractivity contribution >= 4 is 27.0 Å². The van der Waals surface area contributed by atoms with Crippen molar-refractivity contribution in [2.45, 2.75) is 18.4 Å². The standard InChI is InChI=1S/C12H13F2N3O2S2/c1-7-16-8(6-20-7)5-17(2)21(18,19)12-4-11(15)9(13)3-10(12)14/h3-4,6H,5,15H2,1-2H3. The van der Waals surface area contributed by atoms with Gasteiger partial charge < -0.3 is 5.73 Å². The highest BCUT2D eigenvalue weighted by atomic mass is 32.2. The monoisotopic (exact) mass is 333 g/mol. The molecule has 9 heteroatoms. The van der Waals surface area contributed by atoms with Gasteiger partial charge in [-0.15, -0.1) is 11.3 Å². The number of hydrogen-bond acceptors (Lipinski definition) is 5. The summed E-state index contributed by atoms with van der Waals surface area (Å²) in [5.41, 5.74) is 5.44. The summed E-state index contributed by atoms with van der Waals surface area (Å²) >= 11 is 1.38. The molecule has 0 radical (unpaired) electrons. The molecule has 1 aromatic carbocycles. The van der Waals surface area contributed by atoms with E-state index in [1.54, 1.807) is 12.3 Å². The van der Waals surface area contributed by atoms with E-state index >= 15 is 0 Å². The molecule has 0 aliphatic rings. The first-order valence-electron chi connectivity index (χ1n) is 5.83. The van der Waals surface area contributed by atoms with Gasteiger partial charge in [0, 0.05) is 18.5 Å². The summed E-state index contributed by atoms with van der Waals surface area (Å²) in [5.74, 6) is -2.17. The number of benzene rings is 1. The van der Waals surface area contributed by atoms with Crippen LogP contribution in [0.5, 0.6) is 0 Å². The number of anilines is 1. The Bertz CT molecular complexity index is 775. The largest absolute Gasteiger partial charge is 0.396 e. The Morgan fingerprint density at radius 2 is 2.00 bits per heavy atom.